The number of ether oxygens (including phenoxy) is 1. The van der Waals surface area contributed by atoms with E-state index in [9.17, 15) is 30.7 Å². The number of benzene rings is 1. The molecule has 0 amide bonds. The van der Waals surface area contributed by atoms with Crippen LogP contribution in [0.25, 0.3) is 16.1 Å². The number of hydrogen-bond acceptors (Lipinski definition) is 3. The number of thiazole rings is 1. The highest BCUT2D eigenvalue weighted by atomic mass is 32.1. The minimum atomic E-state index is -5.92. The van der Waals surface area contributed by atoms with Gasteiger partial charge in [-0.25, -0.2) is 9.37 Å². The predicted molar refractivity (Wildman–Crippen MR) is 77.0 cm³/mol. The summed E-state index contributed by atoms with van der Waals surface area (Å²) in [5, 5.41) is -0.445. The normalized spacial score (nSPS) is 20.8. The largest absolute Gasteiger partial charge is 0.486 e. The standard InChI is InChI=1S/C15H8F7NOS/c1-24-12-9(23-11(25-12)7-5-3-2-4-6-7)8-10(16)14(19,20)15(21,22)13(8,17)18/h2-6H,1H3. The van der Waals surface area contributed by atoms with Crippen molar-refractivity contribution in [2.45, 2.75) is 17.8 Å². The highest BCUT2D eigenvalue weighted by molar-refractivity contribution is 7.17. The second-order valence-electron chi connectivity index (χ2n) is 5.14. The molecule has 1 aliphatic rings. The van der Waals surface area contributed by atoms with Crippen molar-refractivity contribution in [3.05, 3.63) is 41.9 Å². The molecule has 2 nitrogen and oxygen atoms in total. The molecular formula is C15H8F7NOS. The number of methoxy groups -OCH3 is 1. The van der Waals surface area contributed by atoms with E-state index in [1.165, 1.54) is 12.1 Å². The molecule has 0 atom stereocenters. The van der Waals surface area contributed by atoms with Crippen molar-refractivity contribution in [3.63, 3.8) is 0 Å². The first-order chi connectivity index (χ1) is 11.6. The van der Waals surface area contributed by atoms with E-state index in [1.807, 2.05) is 0 Å². The second-order valence-corrected chi connectivity index (χ2v) is 6.10. The van der Waals surface area contributed by atoms with Gasteiger partial charge in [0.05, 0.1) is 12.7 Å². The molecule has 25 heavy (non-hydrogen) atoms. The van der Waals surface area contributed by atoms with E-state index in [2.05, 4.69) is 4.98 Å². The predicted octanol–water partition coefficient (Wildman–Crippen LogP) is 5.42. The number of aromatic nitrogens is 1. The van der Waals surface area contributed by atoms with Gasteiger partial charge in [-0.1, -0.05) is 41.7 Å². The lowest BCUT2D eigenvalue weighted by atomic mass is 10.1. The van der Waals surface area contributed by atoms with E-state index in [0.29, 0.717) is 16.9 Å². The monoisotopic (exact) mass is 383 g/mol. The van der Waals surface area contributed by atoms with E-state index in [-0.39, 0.29) is 5.01 Å². The fourth-order valence-corrected chi connectivity index (χ4v) is 3.24. The third-order valence-corrected chi connectivity index (χ3v) is 4.70. The lowest BCUT2D eigenvalue weighted by molar-refractivity contribution is -0.263. The fraction of sp³-hybridized carbons (Fsp3) is 0.267. The maximum Gasteiger partial charge on any atom is 0.383 e. The fourth-order valence-electron chi connectivity index (χ4n) is 2.35. The van der Waals surface area contributed by atoms with Crippen molar-refractivity contribution in [1.82, 2.24) is 4.98 Å². The summed E-state index contributed by atoms with van der Waals surface area (Å²) in [5.74, 6) is -19.9. The van der Waals surface area contributed by atoms with Gasteiger partial charge in [0.25, 0.3) is 0 Å². The molecule has 0 bridgehead atoms. The molecule has 0 radical (unpaired) electrons. The van der Waals surface area contributed by atoms with Gasteiger partial charge in [-0.05, 0) is 0 Å². The summed E-state index contributed by atoms with van der Waals surface area (Å²) >= 11 is 0.645. The van der Waals surface area contributed by atoms with Crippen LogP contribution in [0.15, 0.2) is 36.2 Å². The maximum absolute atomic E-state index is 13.9. The molecule has 134 valence electrons. The quantitative estimate of drug-likeness (QED) is 0.661. The van der Waals surface area contributed by atoms with Gasteiger partial charge in [0.15, 0.2) is 5.83 Å². The van der Waals surface area contributed by atoms with Crippen LogP contribution in [-0.4, -0.2) is 29.9 Å². The van der Waals surface area contributed by atoms with Crippen molar-refractivity contribution in [2.24, 2.45) is 0 Å². The van der Waals surface area contributed by atoms with Crippen molar-refractivity contribution >= 4 is 16.9 Å². The molecule has 0 aliphatic heterocycles. The molecule has 1 aliphatic carbocycles. The summed E-state index contributed by atoms with van der Waals surface area (Å²) in [4.78, 5) is 3.66. The second kappa shape index (κ2) is 5.45. The molecule has 1 heterocycles. The van der Waals surface area contributed by atoms with Crippen molar-refractivity contribution in [3.8, 4) is 15.6 Å². The lowest BCUT2D eigenvalue weighted by Crippen LogP contribution is -2.48. The van der Waals surface area contributed by atoms with Gasteiger partial charge in [0.2, 0.25) is 5.06 Å². The van der Waals surface area contributed by atoms with Gasteiger partial charge in [-0.2, -0.15) is 26.3 Å². The number of rotatable bonds is 3. The summed E-state index contributed by atoms with van der Waals surface area (Å²) in [6.45, 7) is 0. The Labute approximate surface area is 140 Å². The zero-order valence-electron chi connectivity index (χ0n) is 12.3. The zero-order valence-corrected chi connectivity index (χ0v) is 13.1. The molecule has 1 aromatic carbocycles. The van der Waals surface area contributed by atoms with Crippen LogP contribution >= 0.6 is 11.3 Å². The molecule has 3 rings (SSSR count). The van der Waals surface area contributed by atoms with Crippen molar-refractivity contribution < 1.29 is 35.5 Å². The Morgan fingerprint density at radius 1 is 0.960 bits per heavy atom. The van der Waals surface area contributed by atoms with Gasteiger partial charge >= 0.3 is 17.8 Å². The first-order valence-electron chi connectivity index (χ1n) is 6.70. The Morgan fingerprint density at radius 3 is 2.04 bits per heavy atom. The van der Waals surface area contributed by atoms with Crippen LogP contribution in [-0.2, 0) is 0 Å². The third kappa shape index (κ3) is 2.26. The molecule has 0 spiro atoms. The lowest BCUT2D eigenvalue weighted by Gasteiger charge is -2.24. The summed E-state index contributed by atoms with van der Waals surface area (Å²) < 4.78 is 100. The van der Waals surface area contributed by atoms with Gasteiger partial charge < -0.3 is 4.74 Å². The van der Waals surface area contributed by atoms with E-state index < -0.39 is 39.9 Å². The number of halogens is 7. The highest BCUT2D eigenvalue weighted by Gasteiger charge is 2.81. The summed E-state index contributed by atoms with van der Waals surface area (Å²) in [6.07, 6.45) is 0. The van der Waals surface area contributed by atoms with Crippen LogP contribution in [0.2, 0.25) is 0 Å². The third-order valence-electron chi connectivity index (χ3n) is 3.64. The molecule has 0 N–H and O–H groups in total. The molecule has 1 aromatic heterocycles. The van der Waals surface area contributed by atoms with Gasteiger partial charge in [0, 0.05) is 5.56 Å². The molecule has 0 saturated carbocycles. The van der Waals surface area contributed by atoms with Crippen LogP contribution in [0.1, 0.15) is 5.69 Å². The SMILES string of the molecule is COc1sc(-c2ccccc2)nc1C1=C(F)C(F)(F)C(F)(F)C1(F)F. The van der Waals surface area contributed by atoms with Crippen LogP contribution < -0.4 is 4.74 Å². The average Bonchev–Trinajstić information content (AvgIpc) is 3.01. The Bertz CT molecular complexity index is 845. The van der Waals surface area contributed by atoms with Crippen LogP contribution in [0.4, 0.5) is 30.7 Å². The van der Waals surface area contributed by atoms with E-state index in [4.69, 9.17) is 4.74 Å². The topological polar surface area (TPSA) is 22.1 Å². The molecule has 10 heteroatoms. The van der Waals surface area contributed by atoms with Gasteiger partial charge in [0.1, 0.15) is 10.7 Å². The number of hydrogen-bond donors (Lipinski definition) is 0. The minimum Gasteiger partial charge on any atom is -0.486 e. The Balaban J connectivity index is 2.23. The smallest absolute Gasteiger partial charge is 0.383 e. The molecule has 0 fully saturated rings. The van der Waals surface area contributed by atoms with Crippen molar-refractivity contribution in [2.75, 3.05) is 7.11 Å². The number of allylic oxidation sites excluding steroid dienone is 2. The van der Waals surface area contributed by atoms with Gasteiger partial charge in [-0.3, -0.25) is 0 Å². The van der Waals surface area contributed by atoms with Gasteiger partial charge in [-0.15, -0.1) is 0 Å². The Kier molecular flexibility index (Phi) is 3.86. The first kappa shape index (κ1) is 17.7. The maximum atomic E-state index is 13.9. The van der Waals surface area contributed by atoms with E-state index in [1.54, 1.807) is 18.2 Å². The number of alkyl halides is 6. The molecular weight excluding hydrogens is 375 g/mol. The number of nitrogens with zero attached hydrogens (tertiary/aromatic N) is 1. The van der Waals surface area contributed by atoms with Crippen LogP contribution in [0.5, 0.6) is 5.06 Å². The Hall–Kier alpha value is -2.10. The van der Waals surface area contributed by atoms with Crippen molar-refractivity contribution in [1.29, 1.82) is 0 Å². The molecule has 0 unspecified atom stereocenters. The minimum absolute atomic E-state index is 0.0297. The Morgan fingerprint density at radius 2 is 1.56 bits per heavy atom. The van der Waals surface area contributed by atoms with Crippen LogP contribution in [0, 0.1) is 0 Å². The van der Waals surface area contributed by atoms with Crippen LogP contribution in [0.3, 0.4) is 0 Å². The van der Waals surface area contributed by atoms with E-state index in [0.717, 1.165) is 7.11 Å². The van der Waals surface area contributed by atoms with E-state index >= 15 is 0 Å². The highest BCUT2D eigenvalue weighted by Crippen LogP contribution is 2.63. The molecule has 0 saturated heterocycles. The summed E-state index contributed by atoms with van der Waals surface area (Å²) in [7, 11) is 1.01. The zero-order chi connectivity index (χ0) is 18.6. The first-order valence-corrected chi connectivity index (χ1v) is 7.52. The summed E-state index contributed by atoms with van der Waals surface area (Å²) in [5.41, 5.74) is -2.82. The average molecular weight is 383 g/mol. The molecule has 2 aromatic rings. The summed E-state index contributed by atoms with van der Waals surface area (Å²) in [6, 6.07) is 7.90.